The van der Waals surface area contributed by atoms with Crippen molar-refractivity contribution < 1.29 is 24.5 Å². The van der Waals surface area contributed by atoms with Gasteiger partial charge in [0.25, 0.3) is 0 Å². The Morgan fingerprint density at radius 2 is 1.95 bits per heavy atom. The first kappa shape index (κ1) is 13.0. The summed E-state index contributed by atoms with van der Waals surface area (Å²) in [6.45, 7) is -0.593. The van der Waals surface area contributed by atoms with E-state index in [0.717, 1.165) is 5.56 Å². The summed E-state index contributed by atoms with van der Waals surface area (Å²) in [5.41, 5.74) is 0.387. The molecule has 1 aliphatic heterocycles. The highest BCUT2D eigenvalue weighted by Gasteiger charge is 2.40. The molecule has 1 atom stereocenters. The Morgan fingerprint density at radius 1 is 1.26 bits per heavy atom. The minimum atomic E-state index is -1.21. The SMILES string of the molecule is O=C1O[C@H](CO)C(=O)/C1=C(O)\C=C/c1ccccc1. The van der Waals surface area contributed by atoms with Crippen LogP contribution in [0.5, 0.6) is 0 Å². The van der Waals surface area contributed by atoms with Gasteiger partial charge in [-0.25, -0.2) is 4.79 Å². The molecule has 1 aliphatic rings. The van der Waals surface area contributed by atoms with E-state index in [9.17, 15) is 14.7 Å². The second-order valence-electron chi connectivity index (χ2n) is 3.95. The fourth-order valence-electron chi connectivity index (χ4n) is 1.68. The molecule has 0 aromatic heterocycles. The number of benzene rings is 1. The molecule has 1 aromatic carbocycles. The van der Waals surface area contributed by atoms with Gasteiger partial charge in [-0.15, -0.1) is 0 Å². The van der Waals surface area contributed by atoms with Gasteiger partial charge in [0.2, 0.25) is 5.78 Å². The predicted molar refractivity (Wildman–Crippen MR) is 67.1 cm³/mol. The number of cyclic esters (lactones) is 1. The van der Waals surface area contributed by atoms with E-state index < -0.39 is 35.8 Å². The molecule has 0 aliphatic carbocycles. The Labute approximate surface area is 109 Å². The van der Waals surface area contributed by atoms with Gasteiger partial charge < -0.3 is 14.9 Å². The summed E-state index contributed by atoms with van der Waals surface area (Å²) in [7, 11) is 0. The fourth-order valence-corrected chi connectivity index (χ4v) is 1.68. The third-order valence-electron chi connectivity index (χ3n) is 2.65. The lowest BCUT2D eigenvalue weighted by Gasteiger charge is -1.99. The smallest absolute Gasteiger partial charge is 0.346 e. The van der Waals surface area contributed by atoms with Crippen molar-refractivity contribution in [2.45, 2.75) is 6.10 Å². The van der Waals surface area contributed by atoms with Crippen molar-refractivity contribution in [3.8, 4) is 0 Å². The summed E-state index contributed by atoms with van der Waals surface area (Å²) in [6, 6.07) is 9.10. The number of hydrogen-bond acceptors (Lipinski definition) is 5. The molecule has 0 amide bonds. The van der Waals surface area contributed by atoms with Crippen LogP contribution in [0.15, 0.2) is 47.7 Å². The van der Waals surface area contributed by atoms with E-state index in [1.54, 1.807) is 18.2 Å². The highest BCUT2D eigenvalue weighted by Crippen LogP contribution is 2.20. The van der Waals surface area contributed by atoms with Crippen LogP contribution in [-0.2, 0) is 14.3 Å². The zero-order chi connectivity index (χ0) is 13.8. The lowest BCUT2D eigenvalue weighted by atomic mass is 10.1. The first-order valence-corrected chi connectivity index (χ1v) is 5.66. The largest absolute Gasteiger partial charge is 0.507 e. The van der Waals surface area contributed by atoms with Crippen molar-refractivity contribution in [2.75, 3.05) is 6.61 Å². The van der Waals surface area contributed by atoms with Crippen LogP contribution in [-0.4, -0.2) is 34.7 Å². The molecule has 1 aromatic rings. The van der Waals surface area contributed by atoms with Crippen LogP contribution in [0.1, 0.15) is 5.56 Å². The van der Waals surface area contributed by atoms with E-state index in [1.165, 1.54) is 6.08 Å². The molecule has 19 heavy (non-hydrogen) atoms. The van der Waals surface area contributed by atoms with E-state index in [0.29, 0.717) is 0 Å². The molecule has 5 heteroatoms. The minimum absolute atomic E-state index is 0.425. The predicted octanol–water partition coefficient (Wildman–Crippen LogP) is 0.999. The van der Waals surface area contributed by atoms with E-state index in [2.05, 4.69) is 4.74 Å². The van der Waals surface area contributed by atoms with Gasteiger partial charge in [-0.3, -0.25) is 4.79 Å². The van der Waals surface area contributed by atoms with E-state index in [1.807, 2.05) is 18.2 Å². The van der Waals surface area contributed by atoms with Gasteiger partial charge in [0.15, 0.2) is 6.10 Å². The van der Waals surface area contributed by atoms with E-state index in [-0.39, 0.29) is 0 Å². The molecular formula is C14H12O5. The molecule has 0 saturated carbocycles. The normalized spacial score (nSPS) is 21.8. The van der Waals surface area contributed by atoms with Crippen LogP contribution >= 0.6 is 0 Å². The number of rotatable bonds is 3. The van der Waals surface area contributed by atoms with Crippen LogP contribution in [0.2, 0.25) is 0 Å². The lowest BCUT2D eigenvalue weighted by Crippen LogP contribution is -2.20. The Hall–Kier alpha value is -2.40. The van der Waals surface area contributed by atoms with Gasteiger partial charge in [0.1, 0.15) is 11.3 Å². The Kier molecular flexibility index (Phi) is 3.77. The monoisotopic (exact) mass is 260 g/mol. The molecule has 2 N–H and O–H groups in total. The molecule has 2 rings (SSSR count). The maximum atomic E-state index is 11.6. The van der Waals surface area contributed by atoms with Crippen LogP contribution in [0.4, 0.5) is 0 Å². The molecule has 1 saturated heterocycles. The highest BCUT2D eigenvalue weighted by atomic mass is 16.6. The van der Waals surface area contributed by atoms with E-state index in [4.69, 9.17) is 5.11 Å². The standard InChI is InChI=1S/C14H12O5/c15-8-11-13(17)12(14(18)19-11)10(16)7-6-9-4-2-1-3-5-9/h1-7,11,15-16H,8H2/b7-6-,12-10-/t11-/m1/s1. The minimum Gasteiger partial charge on any atom is -0.507 e. The average Bonchev–Trinajstić information content (AvgIpc) is 2.72. The number of ether oxygens (including phenoxy) is 1. The topological polar surface area (TPSA) is 83.8 Å². The third-order valence-corrected chi connectivity index (χ3v) is 2.65. The number of aliphatic hydroxyl groups is 2. The fraction of sp³-hybridized carbons (Fsp3) is 0.143. The van der Waals surface area contributed by atoms with Gasteiger partial charge in [0, 0.05) is 0 Å². The molecule has 0 radical (unpaired) electrons. The third kappa shape index (κ3) is 2.71. The zero-order valence-corrected chi connectivity index (χ0v) is 9.95. The molecular weight excluding hydrogens is 248 g/mol. The lowest BCUT2D eigenvalue weighted by molar-refractivity contribution is -0.142. The van der Waals surface area contributed by atoms with Gasteiger partial charge >= 0.3 is 5.97 Å². The van der Waals surface area contributed by atoms with Gasteiger partial charge in [-0.1, -0.05) is 36.4 Å². The summed E-state index contributed by atoms with van der Waals surface area (Å²) in [4.78, 5) is 23.0. The van der Waals surface area contributed by atoms with E-state index >= 15 is 0 Å². The summed E-state index contributed by atoms with van der Waals surface area (Å²) in [5, 5.41) is 18.6. The number of carbonyl (C=O) groups is 2. The Morgan fingerprint density at radius 3 is 2.53 bits per heavy atom. The van der Waals surface area contributed by atoms with Crippen molar-refractivity contribution in [2.24, 2.45) is 0 Å². The van der Waals surface area contributed by atoms with Gasteiger partial charge in [0.05, 0.1) is 6.61 Å². The highest BCUT2D eigenvalue weighted by molar-refractivity contribution is 6.24. The van der Waals surface area contributed by atoms with Crippen molar-refractivity contribution in [1.29, 1.82) is 0 Å². The molecule has 98 valence electrons. The number of esters is 1. The van der Waals surface area contributed by atoms with Crippen molar-refractivity contribution in [3.05, 3.63) is 53.3 Å². The molecule has 5 nitrogen and oxygen atoms in total. The van der Waals surface area contributed by atoms with Gasteiger partial charge in [-0.05, 0) is 11.6 Å². The number of hydrogen-bond donors (Lipinski definition) is 2. The number of aliphatic hydroxyl groups excluding tert-OH is 2. The zero-order valence-electron chi connectivity index (χ0n) is 9.95. The van der Waals surface area contributed by atoms with Crippen molar-refractivity contribution >= 4 is 17.8 Å². The Bertz CT molecular complexity index is 556. The number of carbonyl (C=O) groups excluding carboxylic acids is 2. The van der Waals surface area contributed by atoms with Gasteiger partial charge in [-0.2, -0.15) is 0 Å². The quantitative estimate of drug-likeness (QED) is 0.366. The maximum absolute atomic E-state index is 11.6. The summed E-state index contributed by atoms with van der Waals surface area (Å²) < 4.78 is 4.62. The van der Waals surface area contributed by atoms with Crippen molar-refractivity contribution in [3.63, 3.8) is 0 Å². The van der Waals surface area contributed by atoms with Crippen LogP contribution in [0.3, 0.4) is 0 Å². The molecule has 0 bridgehead atoms. The maximum Gasteiger partial charge on any atom is 0.346 e. The molecule has 1 fully saturated rings. The number of Topliss-reactive ketones (excluding diaryl/α,β-unsaturated/α-hetero) is 1. The molecule has 0 spiro atoms. The first-order valence-electron chi connectivity index (χ1n) is 5.66. The second kappa shape index (κ2) is 5.49. The summed E-state index contributed by atoms with van der Waals surface area (Å²) >= 11 is 0. The molecule has 0 unspecified atom stereocenters. The first-order chi connectivity index (χ1) is 9.13. The van der Waals surface area contributed by atoms with Crippen LogP contribution in [0.25, 0.3) is 6.08 Å². The second-order valence-corrected chi connectivity index (χ2v) is 3.95. The van der Waals surface area contributed by atoms with Crippen LogP contribution < -0.4 is 0 Å². The average molecular weight is 260 g/mol. The Balaban J connectivity index is 2.25. The summed E-state index contributed by atoms with van der Waals surface area (Å²) in [5.74, 6) is -2.09. The number of ketones is 1. The van der Waals surface area contributed by atoms with Crippen LogP contribution in [0, 0.1) is 0 Å². The molecule has 1 heterocycles. The van der Waals surface area contributed by atoms with Crippen molar-refractivity contribution in [1.82, 2.24) is 0 Å². The summed E-state index contributed by atoms with van der Waals surface area (Å²) in [6.07, 6.45) is 1.61. The number of allylic oxidation sites excluding steroid dienone is 1.